The van der Waals surface area contributed by atoms with E-state index in [1.807, 2.05) is 12.3 Å². The molecule has 0 saturated carbocycles. The van der Waals surface area contributed by atoms with Gasteiger partial charge in [0.2, 0.25) is 0 Å². The highest BCUT2D eigenvalue weighted by Crippen LogP contribution is 2.39. The molecule has 1 atom stereocenters. The van der Waals surface area contributed by atoms with E-state index in [4.69, 9.17) is 9.84 Å². The normalized spacial score (nSPS) is 13.3. The molecule has 2 aromatic heterocycles. The molecule has 0 saturated heterocycles. The molecule has 21 heavy (non-hydrogen) atoms. The van der Waals surface area contributed by atoms with Crippen LogP contribution in [0.1, 0.15) is 49.2 Å². The van der Waals surface area contributed by atoms with Gasteiger partial charge in [-0.05, 0) is 18.4 Å². The number of thiazole rings is 1. The van der Waals surface area contributed by atoms with Crippen LogP contribution < -0.4 is 0 Å². The molecule has 2 heterocycles. The van der Waals surface area contributed by atoms with Gasteiger partial charge < -0.3 is 9.84 Å². The molecule has 0 spiro atoms. The first-order valence-corrected chi connectivity index (χ1v) is 8.48. The smallest absolute Gasteiger partial charge is 0.336 e. The monoisotopic (exact) mass is 325 g/mol. The molecular formula is C15H19NO3S2. The van der Waals surface area contributed by atoms with Crippen molar-refractivity contribution >= 4 is 28.6 Å². The molecule has 0 aliphatic rings. The van der Waals surface area contributed by atoms with E-state index in [0.29, 0.717) is 12.2 Å². The topological polar surface area (TPSA) is 59.4 Å². The number of carboxylic acids is 1. The van der Waals surface area contributed by atoms with Crippen molar-refractivity contribution in [3.63, 3.8) is 0 Å². The van der Waals surface area contributed by atoms with E-state index in [0.717, 1.165) is 15.6 Å². The molecule has 2 aromatic rings. The van der Waals surface area contributed by atoms with Crippen molar-refractivity contribution in [1.29, 1.82) is 0 Å². The van der Waals surface area contributed by atoms with Crippen LogP contribution in [0.15, 0.2) is 16.8 Å². The van der Waals surface area contributed by atoms with Crippen molar-refractivity contribution in [3.05, 3.63) is 27.4 Å². The molecule has 0 fully saturated rings. The first-order chi connectivity index (χ1) is 9.82. The first-order valence-electron chi connectivity index (χ1n) is 6.72. The van der Waals surface area contributed by atoms with Gasteiger partial charge in [0.25, 0.3) is 0 Å². The van der Waals surface area contributed by atoms with Crippen molar-refractivity contribution < 1.29 is 14.6 Å². The molecule has 114 valence electrons. The minimum absolute atomic E-state index is 0.0349. The molecule has 0 aliphatic heterocycles. The Balaban J connectivity index is 2.29. The molecule has 0 amide bonds. The van der Waals surface area contributed by atoms with E-state index >= 15 is 0 Å². The molecule has 1 N–H and O–H groups in total. The minimum atomic E-state index is -0.908. The van der Waals surface area contributed by atoms with Gasteiger partial charge in [-0.2, -0.15) is 0 Å². The van der Waals surface area contributed by atoms with Crippen LogP contribution in [0.4, 0.5) is 0 Å². The quantitative estimate of drug-likeness (QED) is 0.866. The van der Waals surface area contributed by atoms with E-state index in [1.165, 1.54) is 11.3 Å². The predicted octanol–water partition coefficient (Wildman–Crippen LogP) is 4.69. The van der Waals surface area contributed by atoms with Gasteiger partial charge in [-0.1, -0.05) is 20.8 Å². The Labute approximate surface area is 132 Å². The second-order valence-corrected chi connectivity index (χ2v) is 7.58. The van der Waals surface area contributed by atoms with Gasteiger partial charge in [0.05, 0.1) is 16.1 Å². The fourth-order valence-electron chi connectivity index (χ4n) is 1.96. The van der Waals surface area contributed by atoms with Crippen LogP contribution in [0.5, 0.6) is 0 Å². The molecule has 6 heteroatoms. The summed E-state index contributed by atoms with van der Waals surface area (Å²) in [5.41, 5.74) is 1.09. The number of hydrogen-bond donors (Lipinski definition) is 1. The highest BCUT2D eigenvalue weighted by atomic mass is 32.1. The summed E-state index contributed by atoms with van der Waals surface area (Å²) in [5, 5.41) is 13.5. The van der Waals surface area contributed by atoms with Gasteiger partial charge >= 0.3 is 5.97 Å². The number of carboxylic acid groups (broad SMARTS) is 1. The van der Waals surface area contributed by atoms with Gasteiger partial charge in [-0.15, -0.1) is 22.7 Å². The third-order valence-corrected chi connectivity index (χ3v) is 4.81. The molecule has 2 rings (SSSR count). The average Bonchev–Trinajstić information content (AvgIpc) is 3.02. The number of aromatic carboxylic acids is 1. The highest BCUT2D eigenvalue weighted by molar-refractivity contribution is 7.14. The lowest BCUT2D eigenvalue weighted by atomic mass is 9.89. The van der Waals surface area contributed by atoms with Gasteiger partial charge in [0.15, 0.2) is 0 Å². The summed E-state index contributed by atoms with van der Waals surface area (Å²) in [5.74, 6) is -0.908. The lowest BCUT2D eigenvalue weighted by molar-refractivity contribution is -0.0133. The Bertz CT molecular complexity index is 625. The molecular weight excluding hydrogens is 306 g/mol. The SMILES string of the molecule is CCOC(c1nc(-c2cc(C(=O)O)cs2)cs1)C(C)(C)C. The Morgan fingerprint density at radius 2 is 2.10 bits per heavy atom. The maximum absolute atomic E-state index is 10.9. The second-order valence-electron chi connectivity index (χ2n) is 5.78. The van der Waals surface area contributed by atoms with Crippen LogP contribution >= 0.6 is 22.7 Å². The number of thiophene rings is 1. The molecule has 0 aromatic carbocycles. The summed E-state index contributed by atoms with van der Waals surface area (Å²) in [4.78, 5) is 16.5. The lowest BCUT2D eigenvalue weighted by Crippen LogP contribution is -2.21. The first kappa shape index (κ1) is 16.1. The number of ether oxygens (including phenoxy) is 1. The molecule has 4 nitrogen and oxygen atoms in total. The van der Waals surface area contributed by atoms with Crippen LogP contribution in [0.3, 0.4) is 0 Å². The summed E-state index contributed by atoms with van der Waals surface area (Å²) >= 11 is 2.96. The Morgan fingerprint density at radius 1 is 1.38 bits per heavy atom. The Hall–Kier alpha value is -1.24. The number of aromatic nitrogens is 1. The fraction of sp³-hybridized carbons (Fsp3) is 0.467. The average molecular weight is 325 g/mol. The largest absolute Gasteiger partial charge is 0.478 e. The molecule has 1 unspecified atom stereocenters. The van der Waals surface area contributed by atoms with E-state index in [9.17, 15) is 4.79 Å². The molecule has 0 aliphatic carbocycles. The maximum atomic E-state index is 10.9. The summed E-state index contributed by atoms with van der Waals surface area (Å²) in [6.07, 6.45) is -0.0554. The van der Waals surface area contributed by atoms with E-state index in [-0.39, 0.29) is 11.5 Å². The van der Waals surface area contributed by atoms with Crippen molar-refractivity contribution in [1.82, 2.24) is 4.98 Å². The van der Waals surface area contributed by atoms with Crippen LogP contribution in [-0.4, -0.2) is 22.7 Å². The van der Waals surface area contributed by atoms with Gasteiger partial charge in [0, 0.05) is 17.4 Å². The maximum Gasteiger partial charge on any atom is 0.336 e. The number of rotatable bonds is 5. The Kier molecular flexibility index (Phi) is 4.81. The van der Waals surface area contributed by atoms with E-state index < -0.39 is 5.97 Å². The standard InChI is InChI=1S/C15H19NO3S2/c1-5-19-12(15(2,3)4)13-16-10(8-21-13)11-6-9(7-20-11)14(17)18/h6-8,12H,5H2,1-4H3,(H,17,18). The fourth-order valence-corrected chi connectivity index (χ4v) is 3.99. The van der Waals surface area contributed by atoms with Crippen LogP contribution in [-0.2, 0) is 4.74 Å². The molecule has 0 bridgehead atoms. The predicted molar refractivity (Wildman–Crippen MR) is 86.2 cm³/mol. The van der Waals surface area contributed by atoms with Crippen molar-refractivity contribution in [2.75, 3.05) is 6.61 Å². The summed E-state index contributed by atoms with van der Waals surface area (Å²) in [7, 11) is 0. The third kappa shape index (κ3) is 3.70. The zero-order valence-electron chi connectivity index (χ0n) is 12.5. The van der Waals surface area contributed by atoms with Gasteiger partial charge in [0.1, 0.15) is 11.1 Å². The van der Waals surface area contributed by atoms with Crippen LogP contribution in [0, 0.1) is 5.41 Å². The van der Waals surface area contributed by atoms with Crippen LogP contribution in [0.2, 0.25) is 0 Å². The molecule has 0 radical (unpaired) electrons. The third-order valence-electron chi connectivity index (χ3n) is 2.96. The number of hydrogen-bond acceptors (Lipinski definition) is 5. The Morgan fingerprint density at radius 3 is 2.62 bits per heavy atom. The van der Waals surface area contributed by atoms with Crippen molar-refractivity contribution in [2.24, 2.45) is 5.41 Å². The van der Waals surface area contributed by atoms with E-state index in [1.54, 1.807) is 22.8 Å². The minimum Gasteiger partial charge on any atom is -0.478 e. The van der Waals surface area contributed by atoms with Crippen molar-refractivity contribution in [3.8, 4) is 10.6 Å². The zero-order valence-corrected chi connectivity index (χ0v) is 14.2. The van der Waals surface area contributed by atoms with Crippen LogP contribution in [0.25, 0.3) is 10.6 Å². The number of nitrogens with zero attached hydrogens (tertiary/aromatic N) is 1. The van der Waals surface area contributed by atoms with Gasteiger partial charge in [-0.3, -0.25) is 0 Å². The number of carbonyl (C=O) groups is 1. The highest BCUT2D eigenvalue weighted by Gasteiger charge is 2.29. The zero-order chi connectivity index (χ0) is 15.6. The van der Waals surface area contributed by atoms with Gasteiger partial charge in [-0.25, -0.2) is 9.78 Å². The van der Waals surface area contributed by atoms with Crippen molar-refractivity contribution in [2.45, 2.75) is 33.8 Å². The lowest BCUT2D eigenvalue weighted by Gasteiger charge is -2.28. The van der Waals surface area contributed by atoms with E-state index in [2.05, 4.69) is 25.8 Å². The summed E-state index contributed by atoms with van der Waals surface area (Å²) < 4.78 is 5.84. The summed E-state index contributed by atoms with van der Waals surface area (Å²) in [6.45, 7) is 9.00. The second kappa shape index (κ2) is 6.25. The summed E-state index contributed by atoms with van der Waals surface area (Å²) in [6, 6.07) is 1.67.